The quantitative estimate of drug-likeness (QED) is 0.446. The van der Waals surface area contributed by atoms with Gasteiger partial charge in [0.1, 0.15) is 0 Å². The first-order chi connectivity index (χ1) is 8.11. The van der Waals surface area contributed by atoms with Crippen molar-refractivity contribution >= 4 is 17.9 Å². The molecule has 4 rings (SSSR count). The Labute approximate surface area is 97.4 Å². The molecule has 90 valence electrons. The van der Waals surface area contributed by atoms with Crippen molar-refractivity contribution < 1.29 is 23.9 Å². The van der Waals surface area contributed by atoms with Crippen LogP contribution in [0.1, 0.15) is 19.3 Å². The van der Waals surface area contributed by atoms with E-state index in [0.717, 1.165) is 12.8 Å². The molecule has 0 aromatic carbocycles. The van der Waals surface area contributed by atoms with Gasteiger partial charge in [0.15, 0.2) is 0 Å². The summed E-state index contributed by atoms with van der Waals surface area (Å²) in [5, 5.41) is 0. The lowest BCUT2D eigenvalue weighted by atomic mass is 9.65. The van der Waals surface area contributed by atoms with Gasteiger partial charge in [-0.25, -0.2) is 0 Å². The van der Waals surface area contributed by atoms with E-state index in [2.05, 4.69) is 0 Å². The molecule has 0 aromatic rings. The summed E-state index contributed by atoms with van der Waals surface area (Å²) in [4.78, 5) is 34.6. The molecule has 5 unspecified atom stereocenters. The average molecular weight is 236 g/mol. The second kappa shape index (κ2) is 2.71. The molecule has 0 radical (unpaired) electrons. The highest BCUT2D eigenvalue weighted by atomic mass is 16.6. The number of ether oxygens (including phenoxy) is 2. The summed E-state index contributed by atoms with van der Waals surface area (Å²) in [6, 6.07) is 0. The molecule has 1 spiro atoms. The largest absolute Gasteiger partial charge is 0.465 e. The number of cyclic esters (lactones) is 3. The zero-order valence-electron chi connectivity index (χ0n) is 9.18. The van der Waals surface area contributed by atoms with E-state index in [4.69, 9.17) is 9.47 Å². The van der Waals surface area contributed by atoms with Gasteiger partial charge < -0.3 is 9.47 Å². The molecule has 2 heterocycles. The summed E-state index contributed by atoms with van der Waals surface area (Å²) < 4.78 is 9.81. The average Bonchev–Trinajstić information content (AvgIpc) is 2.94. The predicted molar refractivity (Wildman–Crippen MR) is 52.3 cm³/mol. The Kier molecular flexibility index (Phi) is 1.53. The van der Waals surface area contributed by atoms with Crippen molar-refractivity contribution in [3.05, 3.63) is 0 Å². The summed E-state index contributed by atoms with van der Waals surface area (Å²) in [7, 11) is 0. The monoisotopic (exact) mass is 236 g/mol. The van der Waals surface area contributed by atoms with E-state index in [1.807, 2.05) is 0 Å². The van der Waals surface area contributed by atoms with E-state index < -0.39 is 0 Å². The molecule has 5 heteroatoms. The van der Waals surface area contributed by atoms with E-state index in [-0.39, 0.29) is 47.0 Å². The maximum atomic E-state index is 11.7. The summed E-state index contributed by atoms with van der Waals surface area (Å²) in [5.74, 6) is -1.16. The Hall–Kier alpha value is -1.39. The highest BCUT2D eigenvalue weighted by molar-refractivity contribution is 5.97. The second-order valence-corrected chi connectivity index (χ2v) is 5.80. The van der Waals surface area contributed by atoms with Crippen molar-refractivity contribution in [2.24, 2.45) is 29.1 Å². The zero-order chi connectivity index (χ0) is 11.8. The highest BCUT2D eigenvalue weighted by Gasteiger charge is 2.69. The number of hydrogen-bond acceptors (Lipinski definition) is 5. The minimum Gasteiger partial charge on any atom is -0.465 e. The van der Waals surface area contributed by atoms with E-state index in [0.29, 0.717) is 13.0 Å². The van der Waals surface area contributed by atoms with E-state index in [1.54, 1.807) is 0 Å². The standard InChI is InChI=1S/C12H12O5/c13-7-3-12(4-16-7)2-5-1-6(12)9-8(5)10(14)17-11(9)15/h5-6,8-9H,1-4H2. The number of rotatable bonds is 0. The van der Waals surface area contributed by atoms with Crippen LogP contribution in [0.3, 0.4) is 0 Å². The van der Waals surface area contributed by atoms with Gasteiger partial charge in [-0.1, -0.05) is 0 Å². The van der Waals surface area contributed by atoms with E-state index in [1.165, 1.54) is 0 Å². The van der Waals surface area contributed by atoms with E-state index >= 15 is 0 Å². The van der Waals surface area contributed by atoms with Gasteiger partial charge in [-0.2, -0.15) is 0 Å². The number of hydrogen-bond donors (Lipinski definition) is 0. The van der Waals surface area contributed by atoms with Gasteiger partial charge in [-0.05, 0) is 24.7 Å². The number of esters is 3. The Morgan fingerprint density at radius 1 is 1.12 bits per heavy atom. The first-order valence-corrected chi connectivity index (χ1v) is 6.02. The smallest absolute Gasteiger partial charge is 0.317 e. The van der Waals surface area contributed by atoms with Gasteiger partial charge in [0.05, 0.1) is 24.9 Å². The molecular weight excluding hydrogens is 224 g/mol. The number of carbonyl (C=O) groups excluding carboxylic acids is 3. The SMILES string of the molecule is O=C1CC2(CO1)CC1CC2C2C(=O)OC(=O)C12. The topological polar surface area (TPSA) is 69.7 Å². The molecule has 0 amide bonds. The van der Waals surface area contributed by atoms with Gasteiger partial charge in [-0.3, -0.25) is 14.4 Å². The first kappa shape index (κ1) is 9.62. The Morgan fingerprint density at radius 3 is 2.59 bits per heavy atom. The van der Waals surface area contributed by atoms with Crippen LogP contribution in [-0.4, -0.2) is 24.5 Å². The second-order valence-electron chi connectivity index (χ2n) is 5.80. The molecule has 4 aliphatic rings. The van der Waals surface area contributed by atoms with Crippen molar-refractivity contribution in [3.63, 3.8) is 0 Å². The van der Waals surface area contributed by atoms with Gasteiger partial charge in [0.2, 0.25) is 0 Å². The van der Waals surface area contributed by atoms with Crippen molar-refractivity contribution in [2.45, 2.75) is 19.3 Å². The first-order valence-electron chi connectivity index (χ1n) is 6.02. The minimum absolute atomic E-state index is 0.0999. The third-order valence-corrected chi connectivity index (χ3v) is 5.10. The third-order valence-electron chi connectivity index (χ3n) is 5.10. The molecule has 2 saturated heterocycles. The molecule has 2 saturated carbocycles. The maximum absolute atomic E-state index is 11.7. The molecule has 0 aromatic heterocycles. The Morgan fingerprint density at radius 2 is 1.88 bits per heavy atom. The summed E-state index contributed by atoms with van der Waals surface area (Å²) >= 11 is 0. The fourth-order valence-electron chi connectivity index (χ4n) is 4.55. The molecule has 5 nitrogen and oxygen atoms in total. The molecule has 5 atom stereocenters. The molecule has 2 aliphatic carbocycles. The molecule has 2 bridgehead atoms. The third kappa shape index (κ3) is 0.983. The van der Waals surface area contributed by atoms with Crippen LogP contribution < -0.4 is 0 Å². The number of carbonyl (C=O) groups is 3. The van der Waals surface area contributed by atoms with Crippen LogP contribution in [0.2, 0.25) is 0 Å². The molecule has 0 N–H and O–H groups in total. The van der Waals surface area contributed by atoms with Crippen LogP contribution in [0.15, 0.2) is 0 Å². The van der Waals surface area contributed by atoms with Crippen LogP contribution in [0.5, 0.6) is 0 Å². The molecule has 4 fully saturated rings. The maximum Gasteiger partial charge on any atom is 0.317 e. The summed E-state index contributed by atoms with van der Waals surface area (Å²) in [6.45, 7) is 0.414. The van der Waals surface area contributed by atoms with Crippen LogP contribution in [0.25, 0.3) is 0 Å². The minimum atomic E-state index is -0.383. The van der Waals surface area contributed by atoms with Crippen LogP contribution in [0, 0.1) is 29.1 Å². The fraction of sp³-hybridized carbons (Fsp3) is 0.750. The van der Waals surface area contributed by atoms with Gasteiger partial charge >= 0.3 is 17.9 Å². The Balaban J connectivity index is 1.73. The van der Waals surface area contributed by atoms with E-state index in [9.17, 15) is 14.4 Å². The van der Waals surface area contributed by atoms with Gasteiger partial charge in [0.25, 0.3) is 0 Å². The lowest BCUT2D eigenvalue weighted by molar-refractivity contribution is -0.155. The van der Waals surface area contributed by atoms with Crippen molar-refractivity contribution in [3.8, 4) is 0 Å². The summed E-state index contributed by atoms with van der Waals surface area (Å²) in [5.41, 5.74) is -0.188. The molecule has 2 aliphatic heterocycles. The highest BCUT2D eigenvalue weighted by Crippen LogP contribution is 2.65. The molecular formula is C12H12O5. The Bertz CT molecular complexity index is 456. The van der Waals surface area contributed by atoms with Crippen LogP contribution in [0.4, 0.5) is 0 Å². The lowest BCUT2D eigenvalue weighted by Crippen LogP contribution is -2.39. The van der Waals surface area contributed by atoms with Crippen molar-refractivity contribution in [2.75, 3.05) is 6.61 Å². The predicted octanol–water partition coefficient (Wildman–Crippen LogP) is 0.275. The molecule has 17 heavy (non-hydrogen) atoms. The fourth-order valence-corrected chi connectivity index (χ4v) is 4.55. The van der Waals surface area contributed by atoms with Crippen LogP contribution in [-0.2, 0) is 23.9 Å². The van der Waals surface area contributed by atoms with Gasteiger partial charge in [-0.15, -0.1) is 0 Å². The van der Waals surface area contributed by atoms with Crippen LogP contribution >= 0.6 is 0 Å². The van der Waals surface area contributed by atoms with Crippen molar-refractivity contribution in [1.29, 1.82) is 0 Å². The normalized spacial score (nSPS) is 50.9. The summed E-state index contributed by atoms with van der Waals surface area (Å²) in [6.07, 6.45) is 2.10. The lowest BCUT2D eigenvalue weighted by Gasteiger charge is -2.34. The number of fused-ring (bicyclic) bond motifs is 6. The zero-order valence-corrected chi connectivity index (χ0v) is 9.18. The van der Waals surface area contributed by atoms with Crippen molar-refractivity contribution in [1.82, 2.24) is 0 Å². The van der Waals surface area contributed by atoms with Gasteiger partial charge in [0, 0.05) is 5.41 Å².